The van der Waals surface area contributed by atoms with Gasteiger partial charge < -0.3 is 14.2 Å². The Morgan fingerprint density at radius 2 is 1.40 bits per heavy atom. The summed E-state index contributed by atoms with van der Waals surface area (Å²) in [6.07, 6.45) is 2.28. The second-order valence-electron chi connectivity index (χ2n) is 5.54. The standard InChI is InChI=1S/C17H28O3/c1-8-17(4,9-2)12(3)13-10-14(18-5)16(20-7)15(11-13)19-6/h10-12H,8-9H2,1-7H3. The summed E-state index contributed by atoms with van der Waals surface area (Å²) in [6, 6.07) is 4.13. The molecule has 0 radical (unpaired) electrons. The summed E-state index contributed by atoms with van der Waals surface area (Å²) in [6.45, 7) is 9.10. The smallest absolute Gasteiger partial charge is 0.203 e. The molecule has 0 amide bonds. The molecule has 0 saturated carbocycles. The topological polar surface area (TPSA) is 27.7 Å². The Hall–Kier alpha value is -1.38. The lowest BCUT2D eigenvalue weighted by molar-refractivity contribution is 0.242. The Bertz CT molecular complexity index is 411. The molecular formula is C17H28O3. The van der Waals surface area contributed by atoms with Crippen molar-refractivity contribution in [2.45, 2.75) is 46.5 Å². The fourth-order valence-corrected chi connectivity index (χ4v) is 2.62. The predicted octanol–water partition coefficient (Wildman–Crippen LogP) is 4.64. The molecule has 3 heteroatoms. The van der Waals surface area contributed by atoms with Crippen LogP contribution in [-0.4, -0.2) is 21.3 Å². The van der Waals surface area contributed by atoms with E-state index in [1.807, 2.05) is 0 Å². The van der Waals surface area contributed by atoms with E-state index in [4.69, 9.17) is 14.2 Å². The molecule has 114 valence electrons. The Morgan fingerprint density at radius 3 is 1.70 bits per heavy atom. The van der Waals surface area contributed by atoms with Crippen LogP contribution in [0.3, 0.4) is 0 Å². The van der Waals surface area contributed by atoms with Crippen LogP contribution >= 0.6 is 0 Å². The van der Waals surface area contributed by atoms with Crippen LogP contribution in [0.1, 0.15) is 52.0 Å². The summed E-state index contributed by atoms with van der Waals surface area (Å²) in [5.41, 5.74) is 1.50. The van der Waals surface area contributed by atoms with Gasteiger partial charge in [-0.3, -0.25) is 0 Å². The first-order chi connectivity index (χ1) is 9.47. The van der Waals surface area contributed by atoms with Crippen LogP contribution in [0.2, 0.25) is 0 Å². The highest BCUT2D eigenvalue weighted by Crippen LogP contribution is 2.46. The van der Waals surface area contributed by atoms with Gasteiger partial charge in [-0.25, -0.2) is 0 Å². The summed E-state index contributed by atoms with van der Waals surface area (Å²) >= 11 is 0. The summed E-state index contributed by atoms with van der Waals surface area (Å²) < 4.78 is 16.3. The van der Waals surface area contributed by atoms with E-state index in [-0.39, 0.29) is 5.41 Å². The Kier molecular flexibility index (Phi) is 5.73. The van der Waals surface area contributed by atoms with Crippen LogP contribution in [0.4, 0.5) is 0 Å². The van der Waals surface area contributed by atoms with Crippen molar-refractivity contribution in [1.82, 2.24) is 0 Å². The van der Waals surface area contributed by atoms with Crippen molar-refractivity contribution in [1.29, 1.82) is 0 Å². The minimum Gasteiger partial charge on any atom is -0.493 e. The van der Waals surface area contributed by atoms with E-state index in [0.29, 0.717) is 11.7 Å². The van der Waals surface area contributed by atoms with Crippen molar-refractivity contribution in [3.05, 3.63) is 17.7 Å². The second kappa shape index (κ2) is 6.87. The molecule has 0 fully saturated rings. The summed E-state index contributed by atoms with van der Waals surface area (Å²) in [4.78, 5) is 0. The lowest BCUT2D eigenvalue weighted by atomic mass is 9.71. The average molecular weight is 280 g/mol. The molecule has 20 heavy (non-hydrogen) atoms. The second-order valence-corrected chi connectivity index (χ2v) is 5.54. The third kappa shape index (κ3) is 3.02. The zero-order chi connectivity index (χ0) is 15.3. The van der Waals surface area contributed by atoms with Crippen molar-refractivity contribution in [2.75, 3.05) is 21.3 Å². The summed E-state index contributed by atoms with van der Waals surface area (Å²) in [7, 11) is 4.95. The van der Waals surface area contributed by atoms with Crippen molar-refractivity contribution in [3.8, 4) is 17.2 Å². The molecule has 0 heterocycles. The maximum atomic E-state index is 5.44. The third-order valence-corrected chi connectivity index (χ3v) is 4.85. The molecule has 1 aromatic carbocycles. The van der Waals surface area contributed by atoms with Gasteiger partial charge in [-0.05, 0) is 29.0 Å². The van der Waals surface area contributed by atoms with Gasteiger partial charge in [-0.2, -0.15) is 0 Å². The fourth-order valence-electron chi connectivity index (χ4n) is 2.62. The van der Waals surface area contributed by atoms with E-state index < -0.39 is 0 Å². The lowest BCUT2D eigenvalue weighted by Gasteiger charge is -2.34. The first-order valence-corrected chi connectivity index (χ1v) is 7.27. The van der Waals surface area contributed by atoms with Crippen molar-refractivity contribution < 1.29 is 14.2 Å². The van der Waals surface area contributed by atoms with Gasteiger partial charge in [0.25, 0.3) is 0 Å². The highest BCUT2D eigenvalue weighted by molar-refractivity contribution is 5.54. The lowest BCUT2D eigenvalue weighted by Crippen LogP contribution is -2.22. The highest BCUT2D eigenvalue weighted by Gasteiger charge is 2.30. The number of rotatable bonds is 7. The molecular weight excluding hydrogens is 252 g/mol. The maximum absolute atomic E-state index is 5.44. The van der Waals surface area contributed by atoms with E-state index in [2.05, 4.69) is 39.8 Å². The van der Waals surface area contributed by atoms with E-state index >= 15 is 0 Å². The van der Waals surface area contributed by atoms with Crippen LogP contribution in [0.25, 0.3) is 0 Å². The number of methoxy groups -OCH3 is 3. The van der Waals surface area contributed by atoms with Crippen molar-refractivity contribution in [2.24, 2.45) is 5.41 Å². The first kappa shape index (κ1) is 16.7. The van der Waals surface area contributed by atoms with Gasteiger partial charge in [-0.1, -0.05) is 40.5 Å². The Morgan fingerprint density at radius 1 is 0.950 bits per heavy atom. The summed E-state index contributed by atoms with van der Waals surface area (Å²) in [5, 5.41) is 0. The molecule has 1 aromatic rings. The van der Waals surface area contributed by atoms with Crippen molar-refractivity contribution >= 4 is 0 Å². The maximum Gasteiger partial charge on any atom is 0.203 e. The molecule has 0 aliphatic heterocycles. The molecule has 0 spiro atoms. The molecule has 0 N–H and O–H groups in total. The number of benzene rings is 1. The van der Waals surface area contributed by atoms with Gasteiger partial charge in [0.15, 0.2) is 11.5 Å². The minimum absolute atomic E-state index is 0.268. The van der Waals surface area contributed by atoms with Gasteiger partial charge in [-0.15, -0.1) is 0 Å². The molecule has 0 saturated heterocycles. The van der Waals surface area contributed by atoms with Gasteiger partial charge in [0.05, 0.1) is 21.3 Å². The Balaban J connectivity index is 3.32. The van der Waals surface area contributed by atoms with Gasteiger partial charge in [0.2, 0.25) is 5.75 Å². The van der Waals surface area contributed by atoms with Crippen LogP contribution < -0.4 is 14.2 Å². The molecule has 1 rings (SSSR count). The molecule has 0 aliphatic rings. The first-order valence-electron chi connectivity index (χ1n) is 7.27. The predicted molar refractivity (Wildman–Crippen MR) is 83.2 cm³/mol. The number of hydrogen-bond acceptors (Lipinski definition) is 3. The highest BCUT2D eigenvalue weighted by atomic mass is 16.5. The fraction of sp³-hybridized carbons (Fsp3) is 0.647. The molecule has 0 bridgehead atoms. The van der Waals surface area contributed by atoms with Crippen LogP contribution in [0.15, 0.2) is 12.1 Å². The van der Waals surface area contributed by atoms with Crippen LogP contribution in [-0.2, 0) is 0 Å². The van der Waals surface area contributed by atoms with Gasteiger partial charge in [0, 0.05) is 0 Å². The quantitative estimate of drug-likeness (QED) is 0.728. The number of hydrogen-bond donors (Lipinski definition) is 0. The Labute approximate surface area is 123 Å². The molecule has 1 unspecified atom stereocenters. The van der Waals surface area contributed by atoms with Crippen LogP contribution in [0.5, 0.6) is 17.2 Å². The number of ether oxygens (including phenoxy) is 3. The van der Waals surface area contributed by atoms with Gasteiger partial charge >= 0.3 is 0 Å². The molecule has 0 aliphatic carbocycles. The zero-order valence-corrected chi connectivity index (χ0v) is 13.9. The SMILES string of the molecule is CCC(C)(CC)C(C)c1cc(OC)c(OC)c(OC)c1. The molecule has 0 aromatic heterocycles. The minimum atomic E-state index is 0.268. The molecule has 1 atom stereocenters. The average Bonchev–Trinajstić information content (AvgIpc) is 2.51. The van der Waals surface area contributed by atoms with E-state index in [1.165, 1.54) is 5.56 Å². The van der Waals surface area contributed by atoms with E-state index in [1.54, 1.807) is 21.3 Å². The normalized spacial score (nSPS) is 12.9. The molecule has 3 nitrogen and oxygen atoms in total. The third-order valence-electron chi connectivity index (χ3n) is 4.85. The zero-order valence-electron chi connectivity index (χ0n) is 13.9. The van der Waals surface area contributed by atoms with E-state index in [9.17, 15) is 0 Å². The monoisotopic (exact) mass is 280 g/mol. The van der Waals surface area contributed by atoms with E-state index in [0.717, 1.165) is 24.3 Å². The largest absolute Gasteiger partial charge is 0.493 e. The summed E-state index contributed by atoms with van der Waals surface area (Å²) in [5.74, 6) is 2.53. The van der Waals surface area contributed by atoms with Gasteiger partial charge in [0.1, 0.15) is 0 Å². The van der Waals surface area contributed by atoms with Crippen LogP contribution in [0, 0.1) is 5.41 Å². The van der Waals surface area contributed by atoms with Crippen molar-refractivity contribution in [3.63, 3.8) is 0 Å².